The van der Waals surface area contributed by atoms with Gasteiger partial charge in [-0.25, -0.2) is 27.5 Å². The highest BCUT2D eigenvalue weighted by Crippen LogP contribution is 2.35. The van der Waals surface area contributed by atoms with Crippen LogP contribution < -0.4 is 0 Å². The van der Waals surface area contributed by atoms with Gasteiger partial charge in [-0.1, -0.05) is 11.6 Å². The van der Waals surface area contributed by atoms with Gasteiger partial charge in [0, 0.05) is 23.4 Å². The molecule has 1 aromatic carbocycles. The van der Waals surface area contributed by atoms with Gasteiger partial charge in [-0.05, 0) is 18.2 Å². The van der Waals surface area contributed by atoms with Crippen molar-refractivity contribution in [3.05, 3.63) is 65.3 Å². The molecule has 0 bridgehead atoms. The Morgan fingerprint density at radius 3 is 2.66 bits per heavy atom. The first-order valence-electron chi connectivity index (χ1n) is 8.25. The van der Waals surface area contributed by atoms with Crippen molar-refractivity contribution >= 4 is 17.2 Å². The lowest BCUT2D eigenvalue weighted by molar-refractivity contribution is 0.127. The summed E-state index contributed by atoms with van der Waals surface area (Å²) in [5.41, 5.74) is 1.15. The predicted molar refractivity (Wildman–Crippen MR) is 97.5 cm³/mol. The smallest absolute Gasteiger partial charge is 0.256 e. The summed E-state index contributed by atoms with van der Waals surface area (Å²) in [5, 5.41) is 8.89. The predicted octanol–water partition coefficient (Wildman–Crippen LogP) is 4.93. The Labute approximate surface area is 166 Å². The van der Waals surface area contributed by atoms with Crippen LogP contribution in [0.4, 0.5) is 17.6 Å². The third kappa shape index (κ3) is 3.32. The summed E-state index contributed by atoms with van der Waals surface area (Å²) < 4.78 is 56.8. The van der Waals surface area contributed by atoms with Crippen LogP contribution in [0.25, 0.3) is 28.2 Å². The molecular formula is C19H10ClF4N5. The van der Waals surface area contributed by atoms with Gasteiger partial charge < -0.3 is 4.57 Å². The number of halogens is 5. The molecule has 0 aliphatic carbocycles. The van der Waals surface area contributed by atoms with Crippen LogP contribution in [0.3, 0.4) is 0 Å². The summed E-state index contributed by atoms with van der Waals surface area (Å²) in [7, 11) is 0. The van der Waals surface area contributed by atoms with E-state index in [4.69, 9.17) is 11.6 Å². The summed E-state index contributed by atoms with van der Waals surface area (Å²) in [6.45, 7) is -0.689. The second kappa shape index (κ2) is 7.22. The monoisotopic (exact) mass is 419 g/mol. The van der Waals surface area contributed by atoms with Crippen LogP contribution in [0.15, 0.2) is 43.0 Å². The molecule has 0 atom stereocenters. The highest BCUT2D eigenvalue weighted by Gasteiger charge is 2.22. The van der Waals surface area contributed by atoms with Crippen LogP contribution in [0.1, 0.15) is 5.69 Å². The van der Waals surface area contributed by atoms with Gasteiger partial charge in [0.1, 0.15) is 29.0 Å². The van der Waals surface area contributed by atoms with Crippen LogP contribution in [-0.4, -0.2) is 25.4 Å². The summed E-state index contributed by atoms with van der Waals surface area (Å²) in [4.78, 5) is 8.15. The average Bonchev–Trinajstić information content (AvgIpc) is 3.27. The first kappa shape index (κ1) is 19.0. The summed E-state index contributed by atoms with van der Waals surface area (Å²) in [6.07, 6.45) is 1.35. The van der Waals surface area contributed by atoms with E-state index in [2.05, 4.69) is 9.97 Å². The highest BCUT2D eigenvalue weighted by atomic mass is 35.5. The van der Waals surface area contributed by atoms with Crippen LogP contribution in [0.5, 0.6) is 0 Å². The number of rotatable bonds is 4. The number of benzene rings is 1. The molecule has 0 saturated heterocycles. The third-order valence-electron chi connectivity index (χ3n) is 4.33. The first-order valence-corrected chi connectivity index (χ1v) is 8.62. The Balaban J connectivity index is 1.98. The van der Waals surface area contributed by atoms with Gasteiger partial charge in [-0.3, -0.25) is 4.40 Å². The minimum Gasteiger partial charge on any atom is -0.324 e. The van der Waals surface area contributed by atoms with E-state index in [9.17, 15) is 22.8 Å². The summed E-state index contributed by atoms with van der Waals surface area (Å²) in [6, 6.07) is 6.83. The minimum absolute atomic E-state index is 0.0167. The molecule has 0 unspecified atom stereocenters. The largest absolute Gasteiger partial charge is 0.324 e. The van der Waals surface area contributed by atoms with Crippen LogP contribution in [0, 0.1) is 23.0 Å². The maximum absolute atomic E-state index is 14.5. The Hall–Kier alpha value is -3.38. The molecule has 29 heavy (non-hydrogen) atoms. The number of aromatic nitrogens is 4. The molecule has 0 saturated carbocycles. The highest BCUT2D eigenvalue weighted by molar-refractivity contribution is 6.31. The fourth-order valence-corrected chi connectivity index (χ4v) is 3.24. The minimum atomic E-state index is -2.69. The fraction of sp³-hybridized carbons (Fsp3) is 0.105. The second-order valence-corrected chi connectivity index (χ2v) is 6.54. The molecule has 0 spiro atoms. The third-order valence-corrected chi connectivity index (χ3v) is 4.62. The maximum Gasteiger partial charge on any atom is 0.256 e. The number of alkyl halides is 2. The van der Waals surface area contributed by atoms with Crippen molar-refractivity contribution in [3.63, 3.8) is 0 Å². The van der Waals surface area contributed by atoms with Crippen molar-refractivity contribution in [2.24, 2.45) is 0 Å². The van der Waals surface area contributed by atoms with E-state index in [0.717, 1.165) is 12.4 Å². The van der Waals surface area contributed by atoms with E-state index >= 15 is 0 Å². The number of imidazole rings is 2. The molecule has 3 heterocycles. The fourth-order valence-electron chi connectivity index (χ4n) is 3.08. The number of hydrogen-bond acceptors (Lipinski definition) is 3. The molecule has 5 nitrogen and oxygen atoms in total. The van der Waals surface area contributed by atoms with Crippen molar-refractivity contribution in [1.29, 1.82) is 5.26 Å². The zero-order chi connectivity index (χ0) is 20.7. The number of nitrogens with zero attached hydrogens (tertiary/aromatic N) is 5. The molecule has 0 N–H and O–H groups in total. The van der Waals surface area contributed by atoms with Crippen LogP contribution in [-0.2, 0) is 6.54 Å². The van der Waals surface area contributed by atoms with Gasteiger partial charge >= 0.3 is 0 Å². The number of hydrogen-bond donors (Lipinski definition) is 0. The molecule has 4 aromatic rings. The first-order chi connectivity index (χ1) is 13.9. The van der Waals surface area contributed by atoms with E-state index in [1.54, 1.807) is 12.1 Å². The van der Waals surface area contributed by atoms with E-state index < -0.39 is 24.6 Å². The SMILES string of the molecule is N#Cc1cnc2ccc(-c3c(-c4cc(Cl)c(F)cc4F)ncn3CC(F)F)cn12. The van der Waals surface area contributed by atoms with Gasteiger partial charge in [0.05, 0.1) is 35.5 Å². The van der Waals surface area contributed by atoms with Gasteiger partial charge in [0.25, 0.3) is 6.43 Å². The topological polar surface area (TPSA) is 58.9 Å². The zero-order valence-electron chi connectivity index (χ0n) is 14.5. The van der Waals surface area contributed by atoms with Crippen molar-refractivity contribution in [3.8, 4) is 28.6 Å². The molecule has 0 radical (unpaired) electrons. The molecule has 0 amide bonds. The van der Waals surface area contributed by atoms with E-state index in [0.29, 0.717) is 17.3 Å². The lowest BCUT2D eigenvalue weighted by atomic mass is 10.0. The van der Waals surface area contributed by atoms with Gasteiger partial charge in [-0.15, -0.1) is 0 Å². The lowest BCUT2D eigenvalue weighted by Gasteiger charge is -2.12. The van der Waals surface area contributed by atoms with Crippen molar-refractivity contribution in [2.45, 2.75) is 13.0 Å². The molecule has 146 valence electrons. The molecule has 0 aliphatic rings. The molecule has 4 rings (SSSR count). The average molecular weight is 420 g/mol. The van der Waals surface area contributed by atoms with E-state index in [1.165, 1.54) is 21.4 Å². The molecular weight excluding hydrogens is 410 g/mol. The Morgan fingerprint density at radius 2 is 1.93 bits per heavy atom. The normalized spacial score (nSPS) is 11.3. The van der Waals surface area contributed by atoms with Crippen molar-refractivity contribution < 1.29 is 17.6 Å². The lowest BCUT2D eigenvalue weighted by Crippen LogP contribution is -2.07. The van der Waals surface area contributed by atoms with E-state index in [1.807, 2.05) is 6.07 Å². The second-order valence-electron chi connectivity index (χ2n) is 6.13. The molecule has 0 fully saturated rings. The Kier molecular flexibility index (Phi) is 4.72. The van der Waals surface area contributed by atoms with Gasteiger partial charge in [-0.2, -0.15) is 5.26 Å². The van der Waals surface area contributed by atoms with Gasteiger partial charge in [0.2, 0.25) is 0 Å². The molecule has 10 heteroatoms. The number of pyridine rings is 1. The van der Waals surface area contributed by atoms with E-state index in [-0.39, 0.29) is 27.7 Å². The standard InChI is InChI=1S/C19H10ClF4N5/c20-13-3-12(14(21)4-15(13)22)18-19(28(9-27-18)8-16(23)24)10-1-2-17-26-6-11(5-25)29(17)7-10/h1-4,6-7,9,16H,8H2. The number of fused-ring (bicyclic) bond motifs is 1. The van der Waals surface area contributed by atoms with Crippen molar-refractivity contribution in [1.82, 2.24) is 18.9 Å². The maximum atomic E-state index is 14.5. The molecule has 0 aliphatic heterocycles. The van der Waals surface area contributed by atoms with Crippen LogP contribution in [0.2, 0.25) is 5.02 Å². The van der Waals surface area contributed by atoms with Gasteiger partial charge in [0.15, 0.2) is 0 Å². The van der Waals surface area contributed by atoms with Crippen LogP contribution >= 0.6 is 11.6 Å². The Morgan fingerprint density at radius 1 is 1.14 bits per heavy atom. The summed E-state index contributed by atoms with van der Waals surface area (Å²) in [5.74, 6) is -1.88. The number of nitriles is 1. The Bertz CT molecular complexity index is 1270. The zero-order valence-corrected chi connectivity index (χ0v) is 15.2. The van der Waals surface area contributed by atoms with Crippen molar-refractivity contribution in [2.75, 3.05) is 0 Å². The molecule has 3 aromatic heterocycles. The summed E-state index contributed by atoms with van der Waals surface area (Å²) >= 11 is 5.78. The quantitative estimate of drug-likeness (QED) is 0.348.